The van der Waals surface area contributed by atoms with Gasteiger partial charge in [-0.2, -0.15) is 10.2 Å². The number of nitrogens with one attached hydrogen (secondary N) is 3. The van der Waals surface area contributed by atoms with E-state index in [1.54, 1.807) is 6.20 Å². The Bertz CT molecular complexity index is 1110. The highest BCUT2D eigenvalue weighted by molar-refractivity contribution is 6.31. The number of rotatable bonds is 8. The molecule has 1 heterocycles. The standard InChI is InChI=1S/C28H37ClN6O2/c1-28(2,3)37-27(36)34-24-20-8-6-9-21(24)14-18(13-20)16-32-25-22(15-30)17-33-26(35-25)31-12-11-19-7-4-5-10-23(19)29/h4-5,7,10,17-18,20-21,24H,6,8-9,11-14,16H2,1-3H3,(H,34,36)(H2,31,32,33,35)/t18?,20-,21+,24-. The van der Waals surface area contributed by atoms with Crippen LogP contribution in [0.4, 0.5) is 16.6 Å². The van der Waals surface area contributed by atoms with E-state index in [-0.39, 0.29) is 12.1 Å². The summed E-state index contributed by atoms with van der Waals surface area (Å²) in [6.45, 7) is 7.03. The van der Waals surface area contributed by atoms with E-state index in [1.807, 2.05) is 45.0 Å². The van der Waals surface area contributed by atoms with Crippen molar-refractivity contribution >= 4 is 29.5 Å². The van der Waals surface area contributed by atoms with Crippen LogP contribution in [0.1, 0.15) is 64.0 Å². The average molecular weight is 525 g/mol. The van der Waals surface area contributed by atoms with E-state index in [0.29, 0.717) is 41.6 Å². The Morgan fingerprint density at radius 1 is 1.19 bits per heavy atom. The van der Waals surface area contributed by atoms with Crippen LogP contribution in [0.25, 0.3) is 0 Å². The summed E-state index contributed by atoms with van der Waals surface area (Å²) in [6, 6.07) is 10.1. The monoisotopic (exact) mass is 524 g/mol. The third-order valence-electron chi connectivity index (χ3n) is 7.22. The summed E-state index contributed by atoms with van der Waals surface area (Å²) in [5.41, 5.74) is 0.988. The van der Waals surface area contributed by atoms with Crippen molar-refractivity contribution in [2.75, 3.05) is 23.7 Å². The van der Waals surface area contributed by atoms with Gasteiger partial charge in [0, 0.05) is 24.2 Å². The van der Waals surface area contributed by atoms with Crippen LogP contribution in [0.15, 0.2) is 30.5 Å². The van der Waals surface area contributed by atoms with Crippen LogP contribution in [0, 0.1) is 29.1 Å². The molecule has 4 atom stereocenters. The molecule has 2 aliphatic rings. The van der Waals surface area contributed by atoms with E-state index in [2.05, 4.69) is 32.0 Å². The number of benzene rings is 1. The summed E-state index contributed by atoms with van der Waals surface area (Å²) >= 11 is 6.25. The zero-order valence-corrected chi connectivity index (χ0v) is 22.6. The summed E-state index contributed by atoms with van der Waals surface area (Å²) in [7, 11) is 0. The number of fused-ring (bicyclic) bond motifs is 2. The number of carbonyl (C=O) groups excluding carboxylic acids is 1. The number of halogens is 1. The number of amides is 1. The normalized spacial score (nSPS) is 23.0. The molecular formula is C28H37ClN6O2. The maximum Gasteiger partial charge on any atom is 0.407 e. The molecule has 0 spiro atoms. The highest BCUT2D eigenvalue weighted by atomic mass is 35.5. The first-order valence-electron chi connectivity index (χ1n) is 13.2. The maximum atomic E-state index is 12.4. The molecule has 0 aliphatic heterocycles. The Kier molecular flexibility index (Phi) is 8.75. The lowest BCUT2D eigenvalue weighted by molar-refractivity contribution is 0.0324. The quantitative estimate of drug-likeness (QED) is 0.400. The lowest BCUT2D eigenvalue weighted by Gasteiger charge is -2.46. The van der Waals surface area contributed by atoms with Gasteiger partial charge >= 0.3 is 6.09 Å². The minimum absolute atomic E-state index is 0.169. The Hall–Kier alpha value is -3.05. The van der Waals surface area contributed by atoms with Crippen LogP contribution in [0.3, 0.4) is 0 Å². The number of nitriles is 1. The molecule has 2 saturated carbocycles. The Morgan fingerprint density at radius 2 is 1.92 bits per heavy atom. The van der Waals surface area contributed by atoms with E-state index >= 15 is 0 Å². The number of nitrogens with zero attached hydrogens (tertiary/aromatic N) is 3. The van der Waals surface area contributed by atoms with Gasteiger partial charge in [-0.15, -0.1) is 0 Å². The van der Waals surface area contributed by atoms with Crippen molar-refractivity contribution in [2.45, 2.75) is 70.9 Å². The number of alkyl carbamates (subject to hydrolysis) is 1. The predicted octanol–water partition coefficient (Wildman–Crippen LogP) is 5.79. The average Bonchev–Trinajstić information content (AvgIpc) is 2.83. The molecule has 2 aromatic rings. The summed E-state index contributed by atoms with van der Waals surface area (Å²) in [4.78, 5) is 21.3. The lowest BCUT2D eigenvalue weighted by Crippen LogP contribution is -2.52. The van der Waals surface area contributed by atoms with Crippen molar-refractivity contribution in [3.63, 3.8) is 0 Å². The minimum Gasteiger partial charge on any atom is -0.444 e. The molecule has 8 nitrogen and oxygen atoms in total. The van der Waals surface area contributed by atoms with Gasteiger partial charge in [-0.05, 0) is 82.3 Å². The Balaban J connectivity index is 1.32. The zero-order valence-electron chi connectivity index (χ0n) is 21.9. The molecule has 198 valence electrons. The van der Waals surface area contributed by atoms with Crippen molar-refractivity contribution in [3.05, 3.63) is 46.6 Å². The molecule has 9 heteroatoms. The van der Waals surface area contributed by atoms with Crippen LogP contribution in [0.5, 0.6) is 0 Å². The fourth-order valence-corrected chi connectivity index (χ4v) is 5.88. The van der Waals surface area contributed by atoms with Gasteiger partial charge in [-0.3, -0.25) is 0 Å². The molecule has 1 aromatic carbocycles. The lowest BCUT2D eigenvalue weighted by atomic mass is 9.64. The first-order chi connectivity index (χ1) is 17.7. The van der Waals surface area contributed by atoms with Crippen LogP contribution in [-0.2, 0) is 11.2 Å². The van der Waals surface area contributed by atoms with Crippen LogP contribution in [-0.4, -0.2) is 40.8 Å². The number of hydrogen-bond donors (Lipinski definition) is 3. The Morgan fingerprint density at radius 3 is 2.59 bits per heavy atom. The maximum absolute atomic E-state index is 12.4. The smallest absolute Gasteiger partial charge is 0.407 e. The van der Waals surface area contributed by atoms with Gasteiger partial charge in [-0.1, -0.05) is 36.2 Å². The Labute approximate surface area is 224 Å². The van der Waals surface area contributed by atoms with Gasteiger partial charge in [0.1, 0.15) is 23.1 Å². The summed E-state index contributed by atoms with van der Waals surface area (Å²) in [5, 5.41) is 20.1. The third-order valence-corrected chi connectivity index (χ3v) is 7.59. The topological polar surface area (TPSA) is 112 Å². The number of hydrogen-bond acceptors (Lipinski definition) is 7. The van der Waals surface area contributed by atoms with Gasteiger partial charge in [0.2, 0.25) is 5.95 Å². The van der Waals surface area contributed by atoms with Gasteiger partial charge in [0.05, 0.1) is 6.20 Å². The van der Waals surface area contributed by atoms with Crippen molar-refractivity contribution in [1.82, 2.24) is 15.3 Å². The second-order valence-electron chi connectivity index (χ2n) is 11.2. The summed E-state index contributed by atoms with van der Waals surface area (Å²) in [6.07, 6.45) is 7.47. The van der Waals surface area contributed by atoms with Gasteiger partial charge in [-0.25, -0.2) is 9.78 Å². The highest BCUT2D eigenvalue weighted by Gasteiger charge is 2.41. The largest absolute Gasteiger partial charge is 0.444 e. The fourth-order valence-electron chi connectivity index (χ4n) is 5.65. The first-order valence-corrected chi connectivity index (χ1v) is 13.6. The fraction of sp³-hybridized carbons (Fsp3) is 0.571. The highest BCUT2D eigenvalue weighted by Crippen LogP contribution is 2.43. The number of carbonyl (C=O) groups is 1. The molecule has 1 aromatic heterocycles. The van der Waals surface area contributed by atoms with E-state index in [1.165, 1.54) is 6.42 Å². The van der Waals surface area contributed by atoms with Crippen molar-refractivity contribution in [1.29, 1.82) is 5.26 Å². The van der Waals surface area contributed by atoms with Gasteiger partial charge in [0.25, 0.3) is 0 Å². The van der Waals surface area contributed by atoms with Crippen molar-refractivity contribution in [2.24, 2.45) is 17.8 Å². The summed E-state index contributed by atoms with van der Waals surface area (Å²) < 4.78 is 5.51. The number of anilines is 2. The molecule has 1 unspecified atom stereocenters. The van der Waals surface area contributed by atoms with E-state index < -0.39 is 5.60 Å². The van der Waals surface area contributed by atoms with E-state index in [4.69, 9.17) is 16.3 Å². The second kappa shape index (κ2) is 12.0. The predicted molar refractivity (Wildman–Crippen MR) is 146 cm³/mol. The number of aromatic nitrogens is 2. The van der Waals surface area contributed by atoms with Gasteiger partial charge < -0.3 is 20.7 Å². The molecule has 4 rings (SSSR count). The van der Waals surface area contributed by atoms with Crippen LogP contribution < -0.4 is 16.0 Å². The number of ether oxygens (including phenoxy) is 1. The minimum atomic E-state index is -0.501. The second-order valence-corrected chi connectivity index (χ2v) is 11.6. The molecule has 2 fully saturated rings. The van der Waals surface area contributed by atoms with Crippen LogP contribution >= 0.6 is 11.6 Å². The third kappa shape index (κ3) is 7.48. The molecule has 2 aliphatic carbocycles. The molecule has 37 heavy (non-hydrogen) atoms. The summed E-state index contributed by atoms with van der Waals surface area (Å²) in [5.74, 6) is 2.36. The van der Waals surface area contributed by atoms with Crippen LogP contribution in [0.2, 0.25) is 5.02 Å². The molecule has 0 radical (unpaired) electrons. The first kappa shape index (κ1) is 27.0. The van der Waals surface area contributed by atoms with E-state index in [9.17, 15) is 10.1 Å². The zero-order chi connectivity index (χ0) is 26.4. The van der Waals surface area contributed by atoms with Gasteiger partial charge in [0.15, 0.2) is 0 Å². The van der Waals surface area contributed by atoms with Crippen molar-refractivity contribution in [3.8, 4) is 6.07 Å². The molecule has 1 amide bonds. The molecule has 0 saturated heterocycles. The van der Waals surface area contributed by atoms with E-state index in [0.717, 1.165) is 49.2 Å². The van der Waals surface area contributed by atoms with Crippen molar-refractivity contribution < 1.29 is 9.53 Å². The SMILES string of the molecule is CC(C)(C)OC(=O)N[C@@H]1[C@@H]2CCC[C@H]1CC(CNc1nc(NCCc3ccccc3Cl)ncc1C#N)C2. The molecular weight excluding hydrogens is 488 g/mol. The molecule has 2 bridgehead atoms. The molecule has 3 N–H and O–H groups in total.